The van der Waals surface area contributed by atoms with Gasteiger partial charge in [0.05, 0.1) is 14.2 Å². The van der Waals surface area contributed by atoms with E-state index in [9.17, 15) is 0 Å². The summed E-state index contributed by atoms with van der Waals surface area (Å²) < 4.78 is 10.8. The molecule has 0 N–H and O–H groups in total. The first-order valence-electron chi connectivity index (χ1n) is 11.5. The van der Waals surface area contributed by atoms with Crippen LogP contribution in [0.2, 0.25) is 0 Å². The normalized spacial score (nSPS) is 16.7. The SMILES string of the molecule is C=C/C=C\C(=C/C)CN1CCC(CC(C)Cc2ccc(OC)c(OC)c2)CC1.CC. The van der Waals surface area contributed by atoms with Gasteiger partial charge in [-0.25, -0.2) is 0 Å². The first-order valence-corrected chi connectivity index (χ1v) is 11.5. The molecule has 1 aliphatic rings. The van der Waals surface area contributed by atoms with E-state index in [0.717, 1.165) is 30.4 Å². The van der Waals surface area contributed by atoms with Crippen LogP contribution in [0.3, 0.4) is 0 Å². The molecule has 3 nitrogen and oxygen atoms in total. The Morgan fingerprint density at radius 3 is 2.40 bits per heavy atom. The lowest BCUT2D eigenvalue weighted by molar-refractivity contribution is 0.180. The van der Waals surface area contributed by atoms with Gasteiger partial charge in [-0.3, -0.25) is 4.90 Å². The molecular formula is C27H43NO2. The first kappa shape index (κ1) is 26.0. The molecule has 1 aromatic rings. The van der Waals surface area contributed by atoms with Gasteiger partial charge in [0.2, 0.25) is 0 Å². The van der Waals surface area contributed by atoms with E-state index in [4.69, 9.17) is 9.47 Å². The van der Waals surface area contributed by atoms with Crippen molar-refractivity contribution >= 4 is 0 Å². The number of benzene rings is 1. The maximum atomic E-state index is 5.44. The number of methoxy groups -OCH3 is 2. The molecule has 1 heterocycles. The van der Waals surface area contributed by atoms with E-state index < -0.39 is 0 Å². The van der Waals surface area contributed by atoms with Crippen LogP contribution in [0.5, 0.6) is 11.5 Å². The summed E-state index contributed by atoms with van der Waals surface area (Å²) in [7, 11) is 3.38. The average molecular weight is 414 g/mol. The Labute approximate surface area is 185 Å². The number of likely N-dealkylation sites (tertiary alicyclic amines) is 1. The summed E-state index contributed by atoms with van der Waals surface area (Å²) in [6.07, 6.45) is 13.2. The van der Waals surface area contributed by atoms with Crippen molar-refractivity contribution in [2.24, 2.45) is 11.8 Å². The average Bonchev–Trinajstić information content (AvgIpc) is 2.78. The van der Waals surface area contributed by atoms with E-state index >= 15 is 0 Å². The zero-order valence-corrected chi connectivity index (χ0v) is 20.1. The maximum absolute atomic E-state index is 5.44. The summed E-state index contributed by atoms with van der Waals surface area (Å²) >= 11 is 0. The maximum Gasteiger partial charge on any atom is 0.160 e. The number of nitrogens with zero attached hydrogens (tertiary/aromatic N) is 1. The third kappa shape index (κ3) is 8.79. The van der Waals surface area contributed by atoms with Crippen molar-refractivity contribution in [3.8, 4) is 11.5 Å². The largest absolute Gasteiger partial charge is 0.493 e. The minimum absolute atomic E-state index is 0.677. The Kier molecular flexibility index (Phi) is 12.9. The van der Waals surface area contributed by atoms with Crippen LogP contribution in [0.4, 0.5) is 0 Å². The molecule has 1 aliphatic heterocycles. The molecule has 0 bridgehead atoms. The Balaban J connectivity index is 0.00000218. The minimum Gasteiger partial charge on any atom is -0.493 e. The van der Waals surface area contributed by atoms with Crippen molar-refractivity contribution in [2.75, 3.05) is 33.9 Å². The lowest BCUT2D eigenvalue weighted by Crippen LogP contribution is -2.35. The zero-order valence-electron chi connectivity index (χ0n) is 20.1. The van der Waals surface area contributed by atoms with Crippen molar-refractivity contribution < 1.29 is 9.47 Å². The van der Waals surface area contributed by atoms with Crippen molar-refractivity contribution in [1.82, 2.24) is 4.90 Å². The van der Waals surface area contributed by atoms with Crippen molar-refractivity contribution in [3.05, 3.63) is 60.2 Å². The van der Waals surface area contributed by atoms with Crippen LogP contribution in [-0.2, 0) is 6.42 Å². The Morgan fingerprint density at radius 2 is 1.83 bits per heavy atom. The topological polar surface area (TPSA) is 21.7 Å². The molecule has 0 aromatic heterocycles. The second kappa shape index (κ2) is 14.9. The highest BCUT2D eigenvalue weighted by atomic mass is 16.5. The lowest BCUT2D eigenvalue weighted by atomic mass is 9.85. The molecule has 0 amide bonds. The summed E-state index contributed by atoms with van der Waals surface area (Å²) in [5.74, 6) is 3.14. The standard InChI is InChI=1S/C25H37NO2.C2H6/c1-6-8-9-21(7-2)19-26-14-12-22(13-15-26)16-20(3)17-23-10-11-24(27-4)25(18-23)28-5;1-2/h6-11,18,20,22H,1,12-17,19H2,2-5H3;1-2H3/b9-8-,21-7+;. The number of rotatable bonds is 10. The highest BCUT2D eigenvalue weighted by Crippen LogP contribution is 2.30. The molecule has 30 heavy (non-hydrogen) atoms. The van der Waals surface area contributed by atoms with Crippen LogP contribution in [0.25, 0.3) is 0 Å². The van der Waals surface area contributed by atoms with Gasteiger partial charge in [0, 0.05) is 6.54 Å². The predicted molar refractivity (Wildman–Crippen MR) is 131 cm³/mol. The molecule has 3 heteroatoms. The zero-order chi connectivity index (χ0) is 22.4. The summed E-state index contributed by atoms with van der Waals surface area (Å²) in [5, 5.41) is 0. The highest BCUT2D eigenvalue weighted by Gasteiger charge is 2.21. The van der Waals surface area contributed by atoms with Crippen LogP contribution in [-0.4, -0.2) is 38.8 Å². The molecule has 1 atom stereocenters. The summed E-state index contributed by atoms with van der Waals surface area (Å²) in [6, 6.07) is 6.29. The highest BCUT2D eigenvalue weighted by molar-refractivity contribution is 5.43. The lowest BCUT2D eigenvalue weighted by Gasteiger charge is -2.33. The second-order valence-electron chi connectivity index (χ2n) is 7.91. The summed E-state index contributed by atoms with van der Waals surface area (Å²) in [4.78, 5) is 2.58. The smallest absolute Gasteiger partial charge is 0.160 e. The molecule has 1 saturated heterocycles. The van der Waals surface area contributed by atoms with Gasteiger partial charge in [-0.15, -0.1) is 0 Å². The van der Waals surface area contributed by atoms with Crippen LogP contribution < -0.4 is 9.47 Å². The van der Waals surface area contributed by atoms with Crippen LogP contribution in [0, 0.1) is 11.8 Å². The van der Waals surface area contributed by atoms with Crippen molar-refractivity contribution in [2.45, 2.75) is 53.4 Å². The van der Waals surface area contributed by atoms with Crippen LogP contribution in [0.1, 0.15) is 52.5 Å². The molecule has 168 valence electrons. The van der Waals surface area contributed by atoms with Crippen molar-refractivity contribution in [1.29, 1.82) is 0 Å². The minimum atomic E-state index is 0.677. The molecule has 0 saturated carbocycles. The Bertz CT molecular complexity index is 669. The molecule has 0 spiro atoms. The molecule has 1 fully saturated rings. The van der Waals surface area contributed by atoms with Crippen molar-refractivity contribution in [3.63, 3.8) is 0 Å². The van der Waals surface area contributed by atoms with E-state index in [1.807, 2.05) is 32.1 Å². The fourth-order valence-corrected chi connectivity index (χ4v) is 4.13. The van der Waals surface area contributed by atoms with Gasteiger partial charge in [0.15, 0.2) is 11.5 Å². The summed E-state index contributed by atoms with van der Waals surface area (Å²) in [5.41, 5.74) is 2.70. The number of allylic oxidation sites excluding steroid dienone is 3. The molecule has 0 aliphatic carbocycles. The van der Waals surface area contributed by atoms with Gasteiger partial charge < -0.3 is 9.47 Å². The van der Waals surface area contributed by atoms with E-state index in [2.05, 4.69) is 49.6 Å². The fraction of sp³-hybridized carbons (Fsp3) is 0.556. The van der Waals surface area contributed by atoms with Gasteiger partial charge in [-0.05, 0) is 80.8 Å². The van der Waals surface area contributed by atoms with E-state index in [-0.39, 0.29) is 0 Å². The third-order valence-corrected chi connectivity index (χ3v) is 5.70. The molecular weight excluding hydrogens is 370 g/mol. The molecule has 1 aromatic carbocycles. The van der Waals surface area contributed by atoms with Gasteiger partial charge in [-0.2, -0.15) is 0 Å². The number of hydrogen-bond donors (Lipinski definition) is 0. The molecule has 1 unspecified atom stereocenters. The molecule has 0 radical (unpaired) electrons. The van der Waals surface area contributed by atoms with E-state index in [1.54, 1.807) is 14.2 Å². The van der Waals surface area contributed by atoms with E-state index in [0.29, 0.717) is 5.92 Å². The number of ether oxygens (including phenoxy) is 2. The van der Waals surface area contributed by atoms with Gasteiger partial charge in [-0.1, -0.05) is 57.7 Å². The van der Waals surface area contributed by atoms with E-state index in [1.165, 1.54) is 43.5 Å². The quantitative estimate of drug-likeness (QED) is 0.398. The van der Waals surface area contributed by atoms with Gasteiger partial charge >= 0.3 is 0 Å². The van der Waals surface area contributed by atoms with Gasteiger partial charge in [0.25, 0.3) is 0 Å². The summed E-state index contributed by atoms with van der Waals surface area (Å²) in [6.45, 7) is 15.7. The predicted octanol–water partition coefficient (Wildman–Crippen LogP) is 6.70. The number of hydrogen-bond acceptors (Lipinski definition) is 3. The third-order valence-electron chi connectivity index (χ3n) is 5.70. The fourth-order valence-electron chi connectivity index (χ4n) is 4.13. The molecule has 2 rings (SSSR count). The van der Waals surface area contributed by atoms with Crippen LogP contribution >= 0.6 is 0 Å². The van der Waals surface area contributed by atoms with Crippen LogP contribution in [0.15, 0.2) is 54.7 Å². The second-order valence-corrected chi connectivity index (χ2v) is 7.91. The van der Waals surface area contributed by atoms with Gasteiger partial charge in [0.1, 0.15) is 0 Å². The Morgan fingerprint density at radius 1 is 1.17 bits per heavy atom. The monoisotopic (exact) mass is 413 g/mol. The first-order chi connectivity index (χ1) is 14.6. The Hall–Kier alpha value is -2.00. The number of piperidine rings is 1.